The average molecular weight is 592 g/mol. The van der Waals surface area contributed by atoms with Gasteiger partial charge in [0, 0.05) is 37.3 Å². The van der Waals surface area contributed by atoms with Gasteiger partial charge in [-0.2, -0.15) is 28.8 Å². The standard InChI is InChI=1S/C26H36F3N3O5S2/c1-25(2,3)22-17-32(16-19-5-4-11-36-19)24(38-22)30-23(33)20-15-18(26(27,28)29)6-7-21(20)37-12-8-31-9-13-39(34,35)14-10-31/h6-7,15,17,19,34-35H,4-5,8-14,16H2,1-3H3/t19-/m1/s1. The van der Waals surface area contributed by atoms with Gasteiger partial charge in [-0.25, -0.2) is 0 Å². The van der Waals surface area contributed by atoms with Gasteiger partial charge in [-0.1, -0.05) is 20.8 Å². The first-order valence-corrected chi connectivity index (χ1v) is 15.6. The fraction of sp³-hybridized carbons (Fsp3) is 0.615. The Morgan fingerprint density at radius 3 is 2.56 bits per heavy atom. The van der Waals surface area contributed by atoms with E-state index < -0.39 is 28.2 Å². The van der Waals surface area contributed by atoms with Gasteiger partial charge in [0.05, 0.1) is 35.3 Å². The van der Waals surface area contributed by atoms with Gasteiger partial charge in [-0.15, -0.1) is 11.3 Å². The minimum absolute atomic E-state index is 0.00728. The van der Waals surface area contributed by atoms with Crippen molar-refractivity contribution in [3.8, 4) is 5.75 Å². The molecule has 0 bridgehead atoms. The van der Waals surface area contributed by atoms with Crippen molar-refractivity contribution in [2.24, 2.45) is 4.99 Å². The number of thiazole rings is 1. The Morgan fingerprint density at radius 1 is 1.23 bits per heavy atom. The van der Waals surface area contributed by atoms with Crippen molar-refractivity contribution in [1.82, 2.24) is 9.47 Å². The molecule has 0 aliphatic carbocycles. The maximum absolute atomic E-state index is 13.5. The van der Waals surface area contributed by atoms with Crippen LogP contribution in [-0.2, 0) is 22.9 Å². The van der Waals surface area contributed by atoms with Crippen LogP contribution in [0.15, 0.2) is 29.4 Å². The number of hydrogen-bond donors (Lipinski definition) is 2. The fourth-order valence-corrected chi connectivity index (χ4v) is 6.73. The zero-order chi connectivity index (χ0) is 28.4. The summed E-state index contributed by atoms with van der Waals surface area (Å²) in [4.78, 5) is 21.0. The zero-order valence-electron chi connectivity index (χ0n) is 22.4. The van der Waals surface area contributed by atoms with Crippen LogP contribution in [0.3, 0.4) is 0 Å². The van der Waals surface area contributed by atoms with Crippen molar-refractivity contribution in [2.45, 2.75) is 57.9 Å². The molecule has 1 atom stereocenters. The lowest BCUT2D eigenvalue weighted by atomic mass is 9.95. The number of aromatic nitrogens is 1. The number of carbonyl (C=O) groups excluding carboxylic acids is 1. The van der Waals surface area contributed by atoms with Gasteiger partial charge in [0.1, 0.15) is 12.4 Å². The Hall–Kier alpha value is -1.90. The van der Waals surface area contributed by atoms with Crippen LogP contribution in [-0.4, -0.2) is 74.9 Å². The summed E-state index contributed by atoms with van der Waals surface area (Å²) in [5.41, 5.74) is -1.42. The third kappa shape index (κ3) is 8.08. The summed E-state index contributed by atoms with van der Waals surface area (Å²) in [6.07, 6.45) is -0.852. The molecule has 2 aliphatic heterocycles. The molecular weight excluding hydrogens is 555 g/mol. The van der Waals surface area contributed by atoms with Crippen LogP contribution in [0.2, 0.25) is 0 Å². The number of carbonyl (C=O) groups is 1. The van der Waals surface area contributed by atoms with Crippen LogP contribution in [0, 0.1) is 0 Å². The van der Waals surface area contributed by atoms with E-state index >= 15 is 0 Å². The van der Waals surface area contributed by atoms with E-state index in [0.29, 0.717) is 37.6 Å². The highest BCUT2D eigenvalue weighted by atomic mass is 32.3. The molecule has 0 unspecified atom stereocenters. The number of hydrogen-bond acceptors (Lipinski definition) is 7. The molecule has 2 N–H and O–H groups in total. The predicted octanol–water partition coefficient (Wildman–Crippen LogP) is 5.23. The Morgan fingerprint density at radius 2 is 1.95 bits per heavy atom. The molecule has 13 heteroatoms. The van der Waals surface area contributed by atoms with Crippen LogP contribution in [0.5, 0.6) is 5.75 Å². The zero-order valence-corrected chi connectivity index (χ0v) is 24.0. The van der Waals surface area contributed by atoms with Crippen LogP contribution in [0.4, 0.5) is 13.2 Å². The van der Waals surface area contributed by atoms with Crippen molar-refractivity contribution in [1.29, 1.82) is 0 Å². The second-order valence-corrected chi connectivity index (χ2v) is 14.4. The summed E-state index contributed by atoms with van der Waals surface area (Å²) in [5, 5.41) is 0. The lowest BCUT2D eigenvalue weighted by Gasteiger charge is -2.40. The molecule has 0 saturated carbocycles. The number of benzene rings is 1. The molecule has 218 valence electrons. The Bertz CT molecular complexity index is 1220. The molecule has 39 heavy (non-hydrogen) atoms. The Kier molecular flexibility index (Phi) is 9.18. The monoisotopic (exact) mass is 591 g/mol. The number of ether oxygens (including phenoxy) is 2. The van der Waals surface area contributed by atoms with E-state index in [9.17, 15) is 27.1 Å². The molecule has 2 fully saturated rings. The quantitative estimate of drug-likeness (QED) is 0.458. The first-order chi connectivity index (χ1) is 18.2. The summed E-state index contributed by atoms with van der Waals surface area (Å²) < 4.78 is 73.6. The van der Waals surface area contributed by atoms with Gasteiger partial charge in [0.2, 0.25) is 0 Å². The van der Waals surface area contributed by atoms with Gasteiger partial charge >= 0.3 is 6.18 Å². The van der Waals surface area contributed by atoms with Crippen molar-refractivity contribution in [3.63, 3.8) is 0 Å². The molecule has 1 amide bonds. The molecular formula is C26H36F3N3O5S2. The minimum Gasteiger partial charge on any atom is -0.491 e. The van der Waals surface area contributed by atoms with E-state index in [2.05, 4.69) is 4.99 Å². The fourth-order valence-electron chi connectivity index (χ4n) is 4.37. The first kappa shape index (κ1) is 30.1. The largest absolute Gasteiger partial charge is 0.491 e. The second kappa shape index (κ2) is 11.9. The number of alkyl halides is 3. The van der Waals surface area contributed by atoms with Crippen LogP contribution in [0.1, 0.15) is 54.4 Å². The molecule has 4 rings (SSSR count). The number of halogens is 3. The molecule has 1 aromatic carbocycles. The number of nitrogens with zero attached hydrogens (tertiary/aromatic N) is 3. The van der Waals surface area contributed by atoms with Crippen molar-refractivity contribution >= 4 is 27.8 Å². The van der Waals surface area contributed by atoms with Gasteiger partial charge in [-0.05, 0) is 36.5 Å². The van der Waals surface area contributed by atoms with Gasteiger partial charge < -0.3 is 14.0 Å². The van der Waals surface area contributed by atoms with Crippen molar-refractivity contribution in [2.75, 3.05) is 44.4 Å². The maximum Gasteiger partial charge on any atom is 0.416 e. The third-order valence-corrected chi connectivity index (χ3v) is 9.87. The lowest BCUT2D eigenvalue weighted by molar-refractivity contribution is -0.137. The van der Waals surface area contributed by atoms with Crippen molar-refractivity contribution < 1.29 is 36.5 Å². The highest BCUT2D eigenvalue weighted by Crippen LogP contribution is 2.40. The molecule has 2 aliphatic rings. The SMILES string of the molecule is CC(C)(C)c1cn(C[C@H]2CCCO2)c(=NC(=O)c2cc(C(F)(F)F)ccc2OCCN2CCS(O)(O)CC2)s1. The van der Waals surface area contributed by atoms with E-state index in [1.165, 1.54) is 11.3 Å². The van der Waals surface area contributed by atoms with Gasteiger partial charge in [0.15, 0.2) is 4.80 Å². The predicted molar refractivity (Wildman–Crippen MR) is 146 cm³/mol. The molecule has 8 nitrogen and oxygen atoms in total. The van der Waals surface area contributed by atoms with E-state index in [1.54, 1.807) is 0 Å². The van der Waals surface area contributed by atoms with Crippen LogP contribution < -0.4 is 9.54 Å². The first-order valence-electron chi connectivity index (χ1n) is 12.9. The molecule has 1 aromatic heterocycles. The van der Waals surface area contributed by atoms with E-state index in [1.807, 2.05) is 36.4 Å². The molecule has 0 spiro atoms. The lowest BCUT2D eigenvalue weighted by Crippen LogP contribution is -2.40. The van der Waals surface area contributed by atoms with Crippen LogP contribution in [0.25, 0.3) is 0 Å². The van der Waals surface area contributed by atoms with Gasteiger partial charge in [-0.3, -0.25) is 18.8 Å². The molecule has 3 heterocycles. The average Bonchev–Trinajstić information content (AvgIpc) is 3.50. The maximum atomic E-state index is 13.5. The van der Waals surface area contributed by atoms with E-state index in [-0.39, 0.29) is 40.9 Å². The molecule has 2 saturated heterocycles. The summed E-state index contributed by atoms with van der Waals surface area (Å²) in [5.74, 6) is -0.235. The highest BCUT2D eigenvalue weighted by Gasteiger charge is 2.32. The Labute approximate surface area is 231 Å². The Balaban J connectivity index is 1.60. The van der Waals surface area contributed by atoms with Crippen LogP contribution >= 0.6 is 21.9 Å². The summed E-state index contributed by atoms with van der Waals surface area (Å²) in [7, 11) is -2.53. The molecule has 0 radical (unpaired) electrons. The summed E-state index contributed by atoms with van der Waals surface area (Å²) in [6.45, 7) is 8.85. The highest BCUT2D eigenvalue weighted by molar-refractivity contribution is 8.24. The topological polar surface area (TPSA) is 96.5 Å². The number of amides is 1. The van der Waals surface area contributed by atoms with Crippen molar-refractivity contribution in [3.05, 3.63) is 45.2 Å². The number of rotatable bonds is 7. The minimum atomic E-state index is -4.63. The second-order valence-electron chi connectivity index (χ2n) is 10.9. The van der Waals surface area contributed by atoms with E-state index in [0.717, 1.165) is 35.9 Å². The smallest absolute Gasteiger partial charge is 0.416 e. The normalized spacial score (nSPS) is 21.7. The molecule has 2 aromatic rings. The summed E-state index contributed by atoms with van der Waals surface area (Å²) >= 11 is 1.34. The van der Waals surface area contributed by atoms with E-state index in [4.69, 9.17) is 9.47 Å². The summed E-state index contributed by atoms with van der Waals surface area (Å²) in [6, 6.07) is 2.84. The third-order valence-electron chi connectivity index (χ3n) is 6.75. The van der Waals surface area contributed by atoms with Gasteiger partial charge in [0.25, 0.3) is 5.91 Å².